The molecule has 0 aliphatic rings. The second-order valence-corrected chi connectivity index (χ2v) is 7.46. The van der Waals surface area contributed by atoms with E-state index >= 15 is 0 Å². The highest BCUT2D eigenvalue weighted by molar-refractivity contribution is 5.94. The summed E-state index contributed by atoms with van der Waals surface area (Å²) in [7, 11) is 0. The van der Waals surface area contributed by atoms with E-state index < -0.39 is 6.23 Å². The predicted molar refractivity (Wildman–Crippen MR) is 124 cm³/mol. The molecule has 1 amide bonds. The molecule has 4 rings (SSSR count). The van der Waals surface area contributed by atoms with Gasteiger partial charge in [-0.2, -0.15) is 0 Å². The molecule has 0 aliphatic heterocycles. The van der Waals surface area contributed by atoms with Crippen molar-refractivity contribution in [1.82, 2.24) is 10.3 Å². The van der Waals surface area contributed by atoms with Crippen molar-refractivity contribution < 1.29 is 9.53 Å². The third-order valence-corrected chi connectivity index (χ3v) is 5.18. The zero-order valence-corrected chi connectivity index (χ0v) is 17.6. The number of benzene rings is 3. The monoisotopic (exact) mass is 411 g/mol. The number of ether oxygens (including phenoxy) is 1. The number of hydrogen-bond acceptors (Lipinski definition) is 4. The summed E-state index contributed by atoms with van der Waals surface area (Å²) in [5.74, 6) is 0.455. The van der Waals surface area contributed by atoms with Gasteiger partial charge in [0.2, 0.25) is 0 Å². The Morgan fingerprint density at radius 2 is 1.77 bits per heavy atom. The molecule has 31 heavy (non-hydrogen) atoms. The number of rotatable bonds is 6. The summed E-state index contributed by atoms with van der Waals surface area (Å²) in [6.07, 6.45) is 0.260. The highest BCUT2D eigenvalue weighted by atomic mass is 16.5. The summed E-state index contributed by atoms with van der Waals surface area (Å²) >= 11 is 0. The van der Waals surface area contributed by atoms with Crippen LogP contribution < -0.4 is 15.8 Å². The molecule has 0 saturated carbocycles. The van der Waals surface area contributed by atoms with Crippen LogP contribution in [0.15, 0.2) is 78.9 Å². The Morgan fingerprint density at radius 1 is 1.03 bits per heavy atom. The van der Waals surface area contributed by atoms with Gasteiger partial charge in [0, 0.05) is 27.9 Å². The van der Waals surface area contributed by atoms with Crippen LogP contribution in [0.3, 0.4) is 0 Å². The molecule has 1 atom stereocenters. The van der Waals surface area contributed by atoms with Crippen molar-refractivity contribution in [1.29, 1.82) is 0 Å². The topological polar surface area (TPSA) is 77.2 Å². The van der Waals surface area contributed by atoms with Crippen LogP contribution in [-0.4, -0.2) is 10.9 Å². The number of carbonyl (C=O) groups is 1. The van der Waals surface area contributed by atoms with Crippen LogP contribution in [0, 0.1) is 6.92 Å². The lowest BCUT2D eigenvalue weighted by Gasteiger charge is -2.22. The van der Waals surface area contributed by atoms with Crippen molar-refractivity contribution in [2.24, 2.45) is 0 Å². The van der Waals surface area contributed by atoms with Gasteiger partial charge in [0.1, 0.15) is 5.75 Å². The van der Waals surface area contributed by atoms with Gasteiger partial charge in [-0.05, 0) is 61.4 Å². The molecule has 4 aromatic rings. The Hall–Kier alpha value is -3.86. The quantitative estimate of drug-likeness (QED) is 0.428. The van der Waals surface area contributed by atoms with Crippen LogP contribution >= 0.6 is 0 Å². The fourth-order valence-electron chi connectivity index (χ4n) is 3.48. The van der Waals surface area contributed by atoms with Crippen molar-refractivity contribution in [2.45, 2.75) is 26.5 Å². The van der Waals surface area contributed by atoms with Gasteiger partial charge in [-0.15, -0.1) is 0 Å². The number of hydrogen-bond donors (Lipinski definition) is 2. The Morgan fingerprint density at radius 3 is 2.48 bits per heavy atom. The lowest BCUT2D eigenvalue weighted by molar-refractivity contribution is 0.0828. The fraction of sp³-hybridized carbons (Fsp3) is 0.154. The van der Waals surface area contributed by atoms with E-state index in [1.807, 2.05) is 73.7 Å². The number of pyridine rings is 1. The van der Waals surface area contributed by atoms with Crippen LogP contribution in [0.2, 0.25) is 0 Å². The summed E-state index contributed by atoms with van der Waals surface area (Å²) in [4.78, 5) is 17.4. The van der Waals surface area contributed by atoms with Gasteiger partial charge in [-0.25, -0.2) is 0 Å². The van der Waals surface area contributed by atoms with Gasteiger partial charge in [0.25, 0.3) is 5.91 Å². The molecule has 1 aromatic heterocycles. The SMILES string of the molecule is CCc1ccc(OC(NC(=O)c2ccccc2)c2ccc3nc(C)cc(N)c3c2)cc1. The van der Waals surface area contributed by atoms with Crippen LogP contribution in [0.4, 0.5) is 5.69 Å². The minimum Gasteiger partial charge on any atom is -0.466 e. The van der Waals surface area contributed by atoms with Crippen molar-refractivity contribution in [3.8, 4) is 5.75 Å². The van der Waals surface area contributed by atoms with Crippen molar-refractivity contribution in [3.05, 3.63) is 101 Å². The smallest absolute Gasteiger partial charge is 0.254 e. The molecule has 156 valence electrons. The first-order chi connectivity index (χ1) is 15.0. The summed E-state index contributed by atoms with van der Waals surface area (Å²) in [6.45, 7) is 4.02. The van der Waals surface area contributed by atoms with Crippen molar-refractivity contribution in [3.63, 3.8) is 0 Å². The number of nitrogens with zero attached hydrogens (tertiary/aromatic N) is 1. The van der Waals surface area contributed by atoms with E-state index in [0.717, 1.165) is 28.6 Å². The number of carbonyl (C=O) groups excluding carboxylic acids is 1. The van der Waals surface area contributed by atoms with E-state index in [1.165, 1.54) is 5.56 Å². The van der Waals surface area contributed by atoms with Crippen LogP contribution in [0.5, 0.6) is 5.75 Å². The molecule has 1 heterocycles. The van der Waals surface area contributed by atoms with Crippen LogP contribution in [0.25, 0.3) is 10.9 Å². The predicted octanol–water partition coefficient (Wildman–Crippen LogP) is 5.20. The summed E-state index contributed by atoms with van der Waals surface area (Å²) in [5, 5.41) is 3.83. The molecule has 1 unspecified atom stereocenters. The Kier molecular flexibility index (Phi) is 5.85. The highest BCUT2D eigenvalue weighted by Crippen LogP contribution is 2.27. The zero-order valence-electron chi connectivity index (χ0n) is 17.6. The van der Waals surface area contributed by atoms with Crippen LogP contribution in [0.1, 0.15) is 40.3 Å². The number of nitrogen functional groups attached to an aromatic ring is 1. The minimum absolute atomic E-state index is 0.217. The summed E-state index contributed by atoms with van der Waals surface area (Å²) < 4.78 is 6.21. The van der Waals surface area contributed by atoms with Crippen molar-refractivity contribution in [2.75, 3.05) is 5.73 Å². The van der Waals surface area contributed by atoms with E-state index in [2.05, 4.69) is 17.2 Å². The van der Waals surface area contributed by atoms with E-state index in [4.69, 9.17) is 10.5 Å². The average molecular weight is 412 g/mol. The molecule has 0 aliphatic carbocycles. The Balaban J connectivity index is 1.70. The number of aryl methyl sites for hydroxylation is 2. The molecule has 0 spiro atoms. The maximum absolute atomic E-state index is 12.9. The first-order valence-electron chi connectivity index (χ1n) is 10.3. The second-order valence-electron chi connectivity index (χ2n) is 7.46. The molecule has 3 aromatic carbocycles. The number of fused-ring (bicyclic) bond motifs is 1. The summed E-state index contributed by atoms with van der Waals surface area (Å²) in [6, 6.07) is 24.5. The van der Waals surface area contributed by atoms with Gasteiger partial charge >= 0.3 is 0 Å². The maximum Gasteiger partial charge on any atom is 0.254 e. The first kappa shape index (κ1) is 20.4. The normalized spacial score (nSPS) is 11.8. The lowest BCUT2D eigenvalue weighted by atomic mass is 10.1. The minimum atomic E-state index is -0.690. The number of amides is 1. The van der Waals surface area contributed by atoms with Crippen molar-refractivity contribution >= 4 is 22.5 Å². The zero-order chi connectivity index (χ0) is 21.8. The molecule has 5 nitrogen and oxygen atoms in total. The van der Waals surface area contributed by atoms with E-state index in [9.17, 15) is 4.79 Å². The molecule has 0 bridgehead atoms. The average Bonchev–Trinajstić information content (AvgIpc) is 2.79. The molecule has 3 N–H and O–H groups in total. The van der Waals surface area contributed by atoms with Crippen LogP contribution in [-0.2, 0) is 6.42 Å². The van der Waals surface area contributed by atoms with Gasteiger partial charge in [0.05, 0.1) is 5.52 Å². The summed E-state index contributed by atoms with van der Waals surface area (Å²) in [5.41, 5.74) is 11.1. The fourth-order valence-corrected chi connectivity index (χ4v) is 3.48. The number of aromatic nitrogens is 1. The first-order valence-corrected chi connectivity index (χ1v) is 10.3. The Labute approximate surface area is 181 Å². The van der Waals surface area contributed by atoms with E-state index in [0.29, 0.717) is 17.0 Å². The molecule has 5 heteroatoms. The van der Waals surface area contributed by atoms with Gasteiger partial charge < -0.3 is 15.8 Å². The second kappa shape index (κ2) is 8.88. The number of nitrogens with two attached hydrogens (primary N) is 1. The van der Waals surface area contributed by atoms with E-state index in [-0.39, 0.29) is 5.91 Å². The lowest BCUT2D eigenvalue weighted by Crippen LogP contribution is -2.32. The standard InChI is InChI=1S/C26H25N3O2/c1-3-18-9-12-21(13-10-18)31-26(29-25(30)19-7-5-4-6-8-19)20-11-14-24-22(16-20)23(27)15-17(2)28-24/h4-16,26H,3H2,1-2H3,(H2,27,28)(H,29,30). The third kappa shape index (κ3) is 4.67. The molecule has 0 fully saturated rings. The highest BCUT2D eigenvalue weighted by Gasteiger charge is 2.19. The largest absolute Gasteiger partial charge is 0.466 e. The Bertz CT molecular complexity index is 1200. The molecule has 0 saturated heterocycles. The third-order valence-electron chi connectivity index (χ3n) is 5.18. The molecule has 0 radical (unpaired) electrons. The van der Waals surface area contributed by atoms with E-state index in [1.54, 1.807) is 12.1 Å². The van der Waals surface area contributed by atoms with Gasteiger partial charge in [-0.3, -0.25) is 9.78 Å². The van der Waals surface area contributed by atoms with Gasteiger partial charge in [0.15, 0.2) is 6.23 Å². The number of anilines is 1. The molecular formula is C26H25N3O2. The van der Waals surface area contributed by atoms with Gasteiger partial charge in [-0.1, -0.05) is 43.3 Å². The maximum atomic E-state index is 12.9. The molecular weight excluding hydrogens is 386 g/mol. The number of nitrogens with one attached hydrogen (secondary N) is 1.